The molecule has 0 aliphatic heterocycles. The zero-order valence-corrected chi connectivity index (χ0v) is 20.5. The van der Waals surface area contributed by atoms with E-state index in [0.717, 1.165) is 12.0 Å². The number of anilines is 1. The van der Waals surface area contributed by atoms with Crippen LogP contribution in [0.15, 0.2) is 72.8 Å². The molecule has 3 aromatic carbocycles. The van der Waals surface area contributed by atoms with E-state index in [2.05, 4.69) is 15.3 Å². The first-order chi connectivity index (χ1) is 17.9. The highest BCUT2D eigenvalue weighted by Crippen LogP contribution is 2.28. The molecule has 1 aromatic heterocycles. The van der Waals surface area contributed by atoms with Crippen molar-refractivity contribution in [1.82, 2.24) is 9.97 Å². The average Bonchev–Trinajstić information content (AvgIpc) is 2.92. The third-order valence-corrected chi connectivity index (χ3v) is 5.34. The van der Waals surface area contributed by atoms with Crippen LogP contribution in [0, 0.1) is 5.82 Å². The lowest BCUT2D eigenvalue weighted by molar-refractivity contribution is 0.0995. The fraction of sp³-hybridized carbons (Fsp3) is 0.179. The summed E-state index contributed by atoms with van der Waals surface area (Å²) in [6.45, 7) is 3.00. The van der Waals surface area contributed by atoms with Crippen molar-refractivity contribution >= 4 is 11.7 Å². The Hall–Kier alpha value is -4.66. The second-order valence-electron chi connectivity index (χ2n) is 8.08. The lowest BCUT2D eigenvalue weighted by Gasteiger charge is -2.14. The minimum atomic E-state index is -0.667. The monoisotopic (exact) mass is 502 g/mol. The molecule has 0 bridgehead atoms. The first-order valence-electron chi connectivity index (χ1n) is 11.7. The van der Waals surface area contributed by atoms with Crippen LogP contribution in [-0.4, -0.2) is 29.6 Å². The van der Waals surface area contributed by atoms with Gasteiger partial charge in [0, 0.05) is 29.8 Å². The molecule has 9 heteroatoms. The molecule has 4 aromatic rings. The third-order valence-electron chi connectivity index (χ3n) is 5.34. The highest BCUT2D eigenvalue weighted by atomic mass is 19.1. The van der Waals surface area contributed by atoms with E-state index in [1.165, 1.54) is 18.2 Å². The molecule has 0 saturated heterocycles. The van der Waals surface area contributed by atoms with Crippen LogP contribution in [0.25, 0.3) is 11.4 Å². The second-order valence-corrected chi connectivity index (χ2v) is 8.08. The first kappa shape index (κ1) is 25.4. The molecule has 0 saturated carbocycles. The average molecular weight is 503 g/mol. The number of rotatable bonds is 11. The summed E-state index contributed by atoms with van der Waals surface area (Å²) in [6, 6.07) is 19.9. The topological polar surface area (TPSA) is 109 Å². The number of hydrogen-bond acceptors (Lipinski definition) is 7. The van der Waals surface area contributed by atoms with E-state index < -0.39 is 5.91 Å². The molecular formula is C28H27FN4O4. The Balaban J connectivity index is 1.54. The molecule has 0 spiro atoms. The molecule has 0 atom stereocenters. The highest BCUT2D eigenvalue weighted by molar-refractivity contribution is 5.92. The van der Waals surface area contributed by atoms with Crippen molar-refractivity contribution in [3.05, 3.63) is 89.9 Å². The fourth-order valence-electron chi connectivity index (χ4n) is 3.44. The van der Waals surface area contributed by atoms with Crippen molar-refractivity contribution in [3.8, 4) is 34.4 Å². The number of nitrogens with one attached hydrogen (secondary N) is 1. The number of methoxy groups -OCH3 is 1. The maximum absolute atomic E-state index is 13.1. The van der Waals surface area contributed by atoms with Crippen LogP contribution in [0.2, 0.25) is 0 Å². The summed E-state index contributed by atoms with van der Waals surface area (Å²) in [4.78, 5) is 20.8. The van der Waals surface area contributed by atoms with Gasteiger partial charge in [0.25, 0.3) is 5.91 Å². The van der Waals surface area contributed by atoms with Crippen molar-refractivity contribution in [1.29, 1.82) is 0 Å². The minimum Gasteiger partial charge on any atom is -0.497 e. The number of halogens is 1. The molecule has 0 unspecified atom stereocenters. The van der Waals surface area contributed by atoms with Crippen LogP contribution in [0.4, 0.5) is 10.2 Å². The van der Waals surface area contributed by atoms with Gasteiger partial charge >= 0.3 is 0 Å². The van der Waals surface area contributed by atoms with E-state index in [9.17, 15) is 9.18 Å². The Kier molecular flexibility index (Phi) is 8.15. The Morgan fingerprint density at radius 1 is 0.946 bits per heavy atom. The van der Waals surface area contributed by atoms with Crippen molar-refractivity contribution in [2.24, 2.45) is 5.73 Å². The standard InChI is InChI=1S/C28H27FN4O4/c1-3-14-36-25-15-23(35-2)11-6-19(25)17-31-26-16-24(27(30)34)32-28(33-26)18-4-9-21(10-5-18)37-22-12-7-20(29)8-13-22/h4-13,15-16H,3,14,17H2,1-2H3,(H2,30,34)(H,31,32,33). The van der Waals surface area contributed by atoms with Crippen LogP contribution in [0.3, 0.4) is 0 Å². The number of nitrogens with two attached hydrogens (primary N) is 1. The maximum Gasteiger partial charge on any atom is 0.267 e. The lowest BCUT2D eigenvalue weighted by atomic mass is 10.2. The number of hydrogen-bond donors (Lipinski definition) is 2. The molecule has 0 aliphatic rings. The Bertz CT molecular complexity index is 1360. The van der Waals surface area contributed by atoms with Crippen molar-refractivity contribution in [2.45, 2.75) is 19.9 Å². The van der Waals surface area contributed by atoms with Crippen LogP contribution >= 0.6 is 0 Å². The molecule has 3 N–H and O–H groups in total. The van der Waals surface area contributed by atoms with E-state index in [1.807, 2.05) is 25.1 Å². The number of ether oxygens (including phenoxy) is 3. The van der Waals surface area contributed by atoms with Gasteiger partial charge in [0.05, 0.1) is 13.7 Å². The predicted octanol–water partition coefficient (Wildman–Crippen LogP) is 5.58. The van der Waals surface area contributed by atoms with Crippen LogP contribution in [0.5, 0.6) is 23.0 Å². The number of nitrogens with zero attached hydrogens (tertiary/aromatic N) is 2. The molecule has 0 radical (unpaired) electrons. The molecular weight excluding hydrogens is 475 g/mol. The zero-order valence-electron chi connectivity index (χ0n) is 20.5. The van der Waals surface area contributed by atoms with Crippen molar-refractivity contribution in [2.75, 3.05) is 19.0 Å². The van der Waals surface area contributed by atoms with E-state index in [1.54, 1.807) is 43.5 Å². The zero-order chi connectivity index (χ0) is 26.2. The van der Waals surface area contributed by atoms with Crippen LogP contribution in [-0.2, 0) is 6.54 Å². The van der Waals surface area contributed by atoms with Gasteiger partial charge in [-0.25, -0.2) is 14.4 Å². The lowest BCUT2D eigenvalue weighted by Crippen LogP contribution is -2.15. The van der Waals surface area contributed by atoms with E-state index in [4.69, 9.17) is 19.9 Å². The predicted molar refractivity (Wildman–Crippen MR) is 139 cm³/mol. The summed E-state index contributed by atoms with van der Waals surface area (Å²) in [6.07, 6.45) is 0.870. The normalized spacial score (nSPS) is 10.6. The molecule has 37 heavy (non-hydrogen) atoms. The number of benzene rings is 3. The summed E-state index contributed by atoms with van der Waals surface area (Å²) >= 11 is 0. The quantitative estimate of drug-likeness (QED) is 0.275. The number of primary amides is 1. The van der Waals surface area contributed by atoms with E-state index in [0.29, 0.717) is 53.4 Å². The maximum atomic E-state index is 13.1. The molecule has 4 rings (SSSR count). The number of amides is 1. The van der Waals surface area contributed by atoms with Gasteiger partial charge in [0.1, 0.15) is 40.3 Å². The smallest absolute Gasteiger partial charge is 0.267 e. The van der Waals surface area contributed by atoms with E-state index >= 15 is 0 Å². The summed E-state index contributed by atoms with van der Waals surface area (Å²) in [5.74, 6) is 2.21. The van der Waals surface area contributed by atoms with Crippen molar-refractivity contribution < 1.29 is 23.4 Å². The van der Waals surface area contributed by atoms with Crippen molar-refractivity contribution in [3.63, 3.8) is 0 Å². The molecule has 1 amide bonds. The summed E-state index contributed by atoms with van der Waals surface area (Å²) in [5.41, 5.74) is 7.17. The second kappa shape index (κ2) is 11.9. The van der Waals surface area contributed by atoms with Gasteiger partial charge in [-0.1, -0.05) is 6.92 Å². The number of carbonyl (C=O) groups excluding carboxylic acids is 1. The first-order valence-corrected chi connectivity index (χ1v) is 11.7. The third kappa shape index (κ3) is 6.72. The van der Waals surface area contributed by atoms with Gasteiger partial charge < -0.3 is 25.3 Å². The Labute approximate surface area is 214 Å². The van der Waals surface area contributed by atoms with Gasteiger partial charge in [-0.3, -0.25) is 4.79 Å². The van der Waals surface area contributed by atoms with E-state index in [-0.39, 0.29) is 11.5 Å². The van der Waals surface area contributed by atoms with Crippen LogP contribution < -0.4 is 25.3 Å². The van der Waals surface area contributed by atoms with Gasteiger partial charge in [0.15, 0.2) is 5.82 Å². The number of aromatic nitrogens is 2. The SMILES string of the molecule is CCCOc1cc(OC)ccc1CNc1cc(C(N)=O)nc(-c2ccc(Oc3ccc(F)cc3)cc2)n1. The Morgan fingerprint density at radius 2 is 1.62 bits per heavy atom. The Morgan fingerprint density at radius 3 is 2.27 bits per heavy atom. The van der Waals surface area contributed by atoms with Gasteiger partial charge in [0.2, 0.25) is 0 Å². The number of carbonyl (C=O) groups is 1. The fourth-order valence-corrected chi connectivity index (χ4v) is 3.44. The summed E-state index contributed by atoms with van der Waals surface area (Å²) in [7, 11) is 1.60. The van der Waals surface area contributed by atoms with Gasteiger partial charge in [-0.05, 0) is 67.1 Å². The molecule has 190 valence electrons. The molecule has 8 nitrogen and oxygen atoms in total. The van der Waals surface area contributed by atoms with Crippen LogP contribution in [0.1, 0.15) is 29.4 Å². The van der Waals surface area contributed by atoms with Gasteiger partial charge in [-0.15, -0.1) is 0 Å². The molecule has 0 fully saturated rings. The summed E-state index contributed by atoms with van der Waals surface area (Å²) < 4.78 is 30.0. The largest absolute Gasteiger partial charge is 0.497 e. The highest BCUT2D eigenvalue weighted by Gasteiger charge is 2.13. The minimum absolute atomic E-state index is 0.0799. The van der Waals surface area contributed by atoms with Gasteiger partial charge in [-0.2, -0.15) is 0 Å². The summed E-state index contributed by atoms with van der Waals surface area (Å²) in [5, 5.41) is 3.23. The molecule has 1 heterocycles. The molecule has 0 aliphatic carbocycles.